The molecule has 0 aliphatic heterocycles. The summed E-state index contributed by atoms with van der Waals surface area (Å²) < 4.78 is 0. The van der Waals surface area contributed by atoms with Gasteiger partial charge in [-0.05, 0) is 18.2 Å². The second kappa shape index (κ2) is 11.5. The molecule has 0 bridgehead atoms. The molecule has 3 N–H and O–H groups in total. The van der Waals surface area contributed by atoms with Crippen molar-refractivity contribution in [2.75, 3.05) is 31.9 Å². The molecule has 0 fully saturated rings. The third-order valence-electron chi connectivity index (χ3n) is 2.14. The lowest BCUT2D eigenvalue weighted by Crippen LogP contribution is -2.31. The van der Waals surface area contributed by atoms with Gasteiger partial charge in [-0.3, -0.25) is 9.59 Å². The van der Waals surface area contributed by atoms with Crippen molar-refractivity contribution in [2.45, 2.75) is 31.9 Å². The molecule has 0 rings (SSSR count). The molecule has 0 aromatic rings. The second-order valence-electron chi connectivity index (χ2n) is 4.32. The van der Waals surface area contributed by atoms with Crippen molar-refractivity contribution in [3.63, 3.8) is 0 Å². The Kier molecular flexibility index (Phi) is 11.1. The number of aliphatic carboxylic acids is 1. The maximum absolute atomic E-state index is 11.4. The van der Waals surface area contributed by atoms with E-state index < -0.39 is 5.97 Å². The molecule has 0 aliphatic carbocycles. The number of Topliss-reactive ketones (excluding diaryl/α,β-unsaturated/α-hetero) is 1. The Bertz CT molecular complexity index is 247. The Labute approximate surface area is 113 Å². The van der Waals surface area contributed by atoms with Crippen molar-refractivity contribution < 1.29 is 14.7 Å². The summed E-state index contributed by atoms with van der Waals surface area (Å²) in [4.78, 5) is 21.6. The smallest absolute Gasteiger partial charge is 0.317 e. The van der Waals surface area contributed by atoms with Crippen molar-refractivity contribution in [3.05, 3.63) is 0 Å². The maximum atomic E-state index is 11.4. The summed E-state index contributed by atoms with van der Waals surface area (Å²) in [5, 5.41) is 14.8. The molecule has 0 radical (unpaired) electrons. The van der Waals surface area contributed by atoms with Crippen molar-refractivity contribution in [1.82, 2.24) is 10.6 Å². The van der Waals surface area contributed by atoms with Gasteiger partial charge in [-0.1, -0.05) is 13.8 Å². The van der Waals surface area contributed by atoms with Crippen LogP contribution in [-0.2, 0) is 9.59 Å². The summed E-state index contributed by atoms with van der Waals surface area (Å²) in [6.45, 7) is 6.32. The van der Waals surface area contributed by atoms with Crippen molar-refractivity contribution in [1.29, 1.82) is 0 Å². The highest BCUT2D eigenvalue weighted by atomic mass is 32.2. The van der Waals surface area contributed by atoms with Crippen molar-refractivity contribution >= 4 is 23.5 Å². The van der Waals surface area contributed by atoms with Crippen molar-refractivity contribution in [2.24, 2.45) is 0 Å². The first-order chi connectivity index (χ1) is 8.52. The van der Waals surface area contributed by atoms with Gasteiger partial charge < -0.3 is 15.7 Å². The molecule has 0 unspecified atom stereocenters. The molecule has 18 heavy (non-hydrogen) atoms. The maximum Gasteiger partial charge on any atom is 0.317 e. The van der Waals surface area contributed by atoms with Gasteiger partial charge in [0.2, 0.25) is 0 Å². The van der Waals surface area contributed by atoms with Gasteiger partial charge in [0.25, 0.3) is 0 Å². The van der Waals surface area contributed by atoms with Gasteiger partial charge in [-0.25, -0.2) is 0 Å². The van der Waals surface area contributed by atoms with Crippen LogP contribution in [0, 0.1) is 0 Å². The van der Waals surface area contributed by atoms with E-state index in [1.807, 2.05) is 0 Å². The van der Waals surface area contributed by atoms with Crippen molar-refractivity contribution in [3.8, 4) is 0 Å². The minimum Gasteiger partial charge on any atom is -0.480 e. The van der Waals surface area contributed by atoms with Crippen LogP contribution in [0.15, 0.2) is 0 Å². The summed E-state index contributed by atoms with van der Waals surface area (Å²) in [6.07, 6.45) is 1.46. The molecule has 106 valence electrons. The molecule has 5 nitrogen and oxygen atoms in total. The molecular weight excluding hydrogens is 252 g/mol. The standard InChI is InChI=1S/C12H24N2O3S/c1-10(2)18-9-11(15)4-3-5-13-6-7-14-8-12(16)17/h10,13-14H,3-9H2,1-2H3,(H,16,17). The molecule has 6 heteroatoms. The van der Waals surface area contributed by atoms with E-state index >= 15 is 0 Å². The van der Waals surface area contributed by atoms with Gasteiger partial charge in [0, 0.05) is 19.5 Å². The number of hydrogen-bond acceptors (Lipinski definition) is 5. The summed E-state index contributed by atoms with van der Waals surface area (Å²) in [7, 11) is 0. The molecule has 0 heterocycles. The van der Waals surface area contributed by atoms with Crippen LogP contribution in [0.1, 0.15) is 26.7 Å². The summed E-state index contributed by atoms with van der Waals surface area (Å²) in [5.41, 5.74) is 0. The second-order valence-corrected chi connectivity index (χ2v) is 5.89. The monoisotopic (exact) mass is 276 g/mol. The average molecular weight is 276 g/mol. The first-order valence-corrected chi connectivity index (χ1v) is 7.33. The van der Waals surface area contributed by atoms with E-state index in [-0.39, 0.29) is 6.54 Å². The normalized spacial score (nSPS) is 10.8. The van der Waals surface area contributed by atoms with Gasteiger partial charge in [0.05, 0.1) is 12.3 Å². The van der Waals surface area contributed by atoms with E-state index in [1.54, 1.807) is 11.8 Å². The number of carbonyl (C=O) groups is 2. The Morgan fingerprint density at radius 2 is 1.83 bits per heavy atom. The summed E-state index contributed by atoms with van der Waals surface area (Å²) in [5.74, 6) is 0.0698. The lowest BCUT2D eigenvalue weighted by Gasteiger charge is -2.06. The molecule has 0 spiro atoms. The van der Waals surface area contributed by atoms with Crippen LogP contribution < -0.4 is 10.6 Å². The SMILES string of the molecule is CC(C)SCC(=O)CCCNCCNCC(=O)O. The van der Waals surface area contributed by atoms with Gasteiger partial charge in [0.1, 0.15) is 5.78 Å². The highest BCUT2D eigenvalue weighted by Crippen LogP contribution is 2.09. The number of carboxylic acid groups (broad SMARTS) is 1. The highest BCUT2D eigenvalue weighted by molar-refractivity contribution is 8.00. The zero-order valence-electron chi connectivity index (χ0n) is 11.2. The van der Waals surface area contributed by atoms with E-state index in [0.717, 1.165) is 19.5 Å². The third kappa shape index (κ3) is 13.5. The zero-order chi connectivity index (χ0) is 13.8. The predicted molar refractivity (Wildman–Crippen MR) is 75.2 cm³/mol. The van der Waals surface area contributed by atoms with Gasteiger partial charge in [0.15, 0.2) is 0 Å². The number of carboxylic acids is 1. The van der Waals surface area contributed by atoms with Crippen LogP contribution >= 0.6 is 11.8 Å². The number of nitrogens with one attached hydrogen (secondary N) is 2. The third-order valence-corrected chi connectivity index (χ3v) is 3.30. The quantitative estimate of drug-likeness (QED) is 0.456. The molecule has 0 aliphatic rings. The van der Waals surface area contributed by atoms with E-state index in [0.29, 0.717) is 29.8 Å². The molecule has 0 saturated heterocycles. The first kappa shape index (κ1) is 17.4. The Hall–Kier alpha value is -0.590. The van der Waals surface area contributed by atoms with Crippen LogP contribution in [0.4, 0.5) is 0 Å². The highest BCUT2D eigenvalue weighted by Gasteiger charge is 2.03. The van der Waals surface area contributed by atoms with E-state index in [4.69, 9.17) is 5.11 Å². The topological polar surface area (TPSA) is 78.4 Å². The van der Waals surface area contributed by atoms with Crippen LogP contribution in [-0.4, -0.2) is 54.0 Å². The molecule has 0 aromatic heterocycles. The Morgan fingerprint density at radius 1 is 1.17 bits per heavy atom. The number of thioether (sulfide) groups is 1. The van der Waals surface area contributed by atoms with E-state index in [9.17, 15) is 9.59 Å². The molecular formula is C12H24N2O3S. The van der Waals surface area contributed by atoms with Crippen LogP contribution in [0.2, 0.25) is 0 Å². The lowest BCUT2D eigenvalue weighted by molar-refractivity contribution is -0.136. The number of ketones is 1. The summed E-state index contributed by atoms with van der Waals surface area (Å²) in [6, 6.07) is 0. The number of carbonyl (C=O) groups excluding carboxylic acids is 1. The minimum atomic E-state index is -0.844. The number of hydrogen-bond donors (Lipinski definition) is 3. The first-order valence-electron chi connectivity index (χ1n) is 6.29. The fourth-order valence-corrected chi connectivity index (χ4v) is 1.90. The van der Waals surface area contributed by atoms with E-state index in [1.165, 1.54) is 0 Å². The van der Waals surface area contributed by atoms with Gasteiger partial charge in [-0.15, -0.1) is 0 Å². The lowest BCUT2D eigenvalue weighted by atomic mass is 10.2. The summed E-state index contributed by atoms with van der Waals surface area (Å²) >= 11 is 1.68. The predicted octanol–water partition coefficient (Wildman–Crippen LogP) is 0.741. The van der Waals surface area contributed by atoms with Crippen LogP contribution in [0.5, 0.6) is 0 Å². The van der Waals surface area contributed by atoms with Gasteiger partial charge >= 0.3 is 5.97 Å². The fraction of sp³-hybridized carbons (Fsp3) is 0.833. The van der Waals surface area contributed by atoms with Crippen LogP contribution in [0.25, 0.3) is 0 Å². The Balaban J connectivity index is 3.20. The number of rotatable bonds is 12. The Morgan fingerprint density at radius 3 is 2.44 bits per heavy atom. The molecule has 0 saturated carbocycles. The van der Waals surface area contributed by atoms with Crippen LogP contribution in [0.3, 0.4) is 0 Å². The zero-order valence-corrected chi connectivity index (χ0v) is 12.0. The largest absolute Gasteiger partial charge is 0.480 e. The fourth-order valence-electron chi connectivity index (χ4n) is 1.24. The van der Waals surface area contributed by atoms with Gasteiger partial charge in [-0.2, -0.15) is 11.8 Å². The average Bonchev–Trinajstić information content (AvgIpc) is 2.29. The minimum absolute atomic E-state index is 0.00735. The molecule has 0 atom stereocenters. The van der Waals surface area contributed by atoms with E-state index in [2.05, 4.69) is 24.5 Å². The molecule has 0 aromatic carbocycles. The molecule has 0 amide bonds.